The van der Waals surface area contributed by atoms with Gasteiger partial charge in [0, 0.05) is 24.7 Å². The Morgan fingerprint density at radius 3 is 2.75 bits per heavy atom. The summed E-state index contributed by atoms with van der Waals surface area (Å²) < 4.78 is 10.6. The van der Waals surface area contributed by atoms with E-state index in [1.165, 1.54) is 6.92 Å². The normalized spacial score (nSPS) is 11.9. The highest BCUT2D eigenvalue weighted by molar-refractivity contribution is 5.96. The van der Waals surface area contributed by atoms with Gasteiger partial charge in [-0.3, -0.25) is 9.59 Å². The van der Waals surface area contributed by atoms with Gasteiger partial charge < -0.3 is 20.1 Å². The van der Waals surface area contributed by atoms with Gasteiger partial charge in [0.25, 0.3) is 5.91 Å². The molecule has 6 nitrogen and oxygen atoms in total. The van der Waals surface area contributed by atoms with Gasteiger partial charge in [-0.25, -0.2) is 0 Å². The third kappa shape index (κ3) is 3.84. The molecule has 2 aromatic carbocycles. The number of rotatable bonds is 5. The summed E-state index contributed by atoms with van der Waals surface area (Å²) in [5.74, 6) is 1.14. The molecule has 2 amide bonds. The summed E-state index contributed by atoms with van der Waals surface area (Å²) in [4.78, 5) is 23.3. The number of carbonyl (C=O) groups is 2. The lowest BCUT2D eigenvalue weighted by Gasteiger charge is -2.08. The standard InChI is InChI=1S/C18H18N2O4/c1-12(21)20-15-4-2-3-14(10-15)18(22)19-8-7-13-5-6-16-17(9-13)24-11-23-16/h2-6,9-10H,7-8,11H2,1H3,(H,19,22)(H,20,21). The fourth-order valence-corrected chi connectivity index (χ4v) is 2.46. The van der Waals surface area contributed by atoms with Gasteiger partial charge in [0.15, 0.2) is 11.5 Å². The second-order valence-electron chi connectivity index (χ2n) is 5.46. The molecule has 0 radical (unpaired) electrons. The van der Waals surface area contributed by atoms with E-state index in [1.54, 1.807) is 24.3 Å². The summed E-state index contributed by atoms with van der Waals surface area (Å²) in [6, 6.07) is 12.6. The first-order valence-electron chi connectivity index (χ1n) is 7.66. The maximum Gasteiger partial charge on any atom is 0.251 e. The van der Waals surface area contributed by atoms with Gasteiger partial charge in [-0.05, 0) is 42.3 Å². The van der Waals surface area contributed by atoms with Crippen molar-refractivity contribution in [3.8, 4) is 11.5 Å². The minimum Gasteiger partial charge on any atom is -0.454 e. The zero-order valence-corrected chi connectivity index (χ0v) is 13.3. The lowest BCUT2D eigenvalue weighted by atomic mass is 10.1. The van der Waals surface area contributed by atoms with Crippen LogP contribution >= 0.6 is 0 Å². The Hall–Kier alpha value is -3.02. The van der Waals surface area contributed by atoms with Gasteiger partial charge in [0.2, 0.25) is 12.7 Å². The Balaban J connectivity index is 1.55. The fraction of sp³-hybridized carbons (Fsp3) is 0.222. The highest BCUT2D eigenvalue weighted by Gasteiger charge is 2.13. The summed E-state index contributed by atoms with van der Waals surface area (Å²) in [5, 5.41) is 5.53. The van der Waals surface area contributed by atoms with Crippen molar-refractivity contribution in [1.29, 1.82) is 0 Å². The third-order valence-corrected chi connectivity index (χ3v) is 3.58. The van der Waals surface area contributed by atoms with Crippen molar-refractivity contribution in [3.63, 3.8) is 0 Å². The van der Waals surface area contributed by atoms with E-state index >= 15 is 0 Å². The molecule has 0 aliphatic carbocycles. The molecular formula is C18H18N2O4. The van der Waals surface area contributed by atoms with Crippen molar-refractivity contribution >= 4 is 17.5 Å². The molecule has 1 aliphatic rings. The number of anilines is 1. The Morgan fingerprint density at radius 2 is 1.92 bits per heavy atom. The molecule has 0 bridgehead atoms. The number of fused-ring (bicyclic) bond motifs is 1. The Morgan fingerprint density at radius 1 is 1.08 bits per heavy atom. The highest BCUT2D eigenvalue weighted by Crippen LogP contribution is 2.32. The van der Waals surface area contributed by atoms with Crippen LogP contribution in [-0.4, -0.2) is 25.2 Å². The predicted molar refractivity (Wildman–Crippen MR) is 89.3 cm³/mol. The van der Waals surface area contributed by atoms with E-state index < -0.39 is 0 Å². The summed E-state index contributed by atoms with van der Waals surface area (Å²) in [5.41, 5.74) is 2.17. The molecule has 0 saturated carbocycles. The second kappa shape index (κ2) is 7.04. The highest BCUT2D eigenvalue weighted by atomic mass is 16.7. The molecule has 0 saturated heterocycles. The third-order valence-electron chi connectivity index (χ3n) is 3.58. The van der Waals surface area contributed by atoms with Crippen LogP contribution in [0.1, 0.15) is 22.8 Å². The summed E-state index contributed by atoms with van der Waals surface area (Å²) >= 11 is 0. The zero-order chi connectivity index (χ0) is 16.9. The molecule has 0 atom stereocenters. The van der Waals surface area contributed by atoms with Crippen molar-refractivity contribution in [1.82, 2.24) is 5.32 Å². The molecule has 124 valence electrons. The number of amides is 2. The van der Waals surface area contributed by atoms with Crippen molar-refractivity contribution in [2.75, 3.05) is 18.7 Å². The average molecular weight is 326 g/mol. The molecule has 24 heavy (non-hydrogen) atoms. The van der Waals surface area contributed by atoms with Crippen molar-refractivity contribution in [2.24, 2.45) is 0 Å². The van der Waals surface area contributed by atoms with Gasteiger partial charge in [-0.15, -0.1) is 0 Å². The minimum atomic E-state index is -0.178. The maximum absolute atomic E-state index is 12.2. The van der Waals surface area contributed by atoms with E-state index in [2.05, 4.69) is 10.6 Å². The number of carbonyl (C=O) groups excluding carboxylic acids is 2. The number of nitrogens with one attached hydrogen (secondary N) is 2. The smallest absolute Gasteiger partial charge is 0.251 e. The lowest BCUT2D eigenvalue weighted by Crippen LogP contribution is -2.25. The van der Waals surface area contributed by atoms with E-state index in [4.69, 9.17) is 9.47 Å². The van der Waals surface area contributed by atoms with Gasteiger partial charge in [-0.2, -0.15) is 0 Å². The molecule has 1 aliphatic heterocycles. The molecule has 6 heteroatoms. The van der Waals surface area contributed by atoms with E-state index in [9.17, 15) is 9.59 Å². The van der Waals surface area contributed by atoms with Crippen LogP contribution in [-0.2, 0) is 11.2 Å². The molecule has 2 N–H and O–H groups in total. The van der Waals surface area contributed by atoms with Gasteiger partial charge in [0.05, 0.1) is 0 Å². The first-order valence-corrected chi connectivity index (χ1v) is 7.66. The predicted octanol–water partition coefficient (Wildman–Crippen LogP) is 2.35. The van der Waals surface area contributed by atoms with Crippen LogP contribution in [0.5, 0.6) is 11.5 Å². The maximum atomic E-state index is 12.2. The summed E-state index contributed by atoms with van der Waals surface area (Å²) in [6.07, 6.45) is 0.688. The van der Waals surface area contributed by atoms with Crippen LogP contribution in [0.3, 0.4) is 0 Å². The largest absolute Gasteiger partial charge is 0.454 e. The van der Waals surface area contributed by atoms with E-state index in [0.717, 1.165) is 17.1 Å². The minimum absolute atomic E-state index is 0.171. The van der Waals surface area contributed by atoms with Gasteiger partial charge in [0.1, 0.15) is 0 Å². The molecule has 0 unspecified atom stereocenters. The topological polar surface area (TPSA) is 76.7 Å². The van der Waals surface area contributed by atoms with Crippen LogP contribution in [0.25, 0.3) is 0 Å². The number of hydrogen-bond acceptors (Lipinski definition) is 4. The molecule has 0 aromatic heterocycles. The molecular weight excluding hydrogens is 308 g/mol. The van der Waals surface area contributed by atoms with Crippen molar-refractivity contribution < 1.29 is 19.1 Å². The molecule has 2 aromatic rings. The van der Waals surface area contributed by atoms with E-state index in [1.807, 2.05) is 18.2 Å². The van der Waals surface area contributed by atoms with E-state index in [0.29, 0.717) is 24.2 Å². The zero-order valence-electron chi connectivity index (χ0n) is 13.3. The van der Waals surface area contributed by atoms with Crippen LogP contribution in [0.4, 0.5) is 5.69 Å². The quantitative estimate of drug-likeness (QED) is 0.884. The molecule has 0 spiro atoms. The van der Waals surface area contributed by atoms with Crippen LogP contribution < -0.4 is 20.1 Å². The van der Waals surface area contributed by atoms with Gasteiger partial charge >= 0.3 is 0 Å². The van der Waals surface area contributed by atoms with Crippen LogP contribution in [0.15, 0.2) is 42.5 Å². The Labute approximate surface area is 139 Å². The van der Waals surface area contributed by atoms with Crippen molar-refractivity contribution in [2.45, 2.75) is 13.3 Å². The molecule has 0 fully saturated rings. The van der Waals surface area contributed by atoms with E-state index in [-0.39, 0.29) is 18.6 Å². The number of hydrogen-bond donors (Lipinski definition) is 2. The molecule has 3 rings (SSSR count). The molecule has 1 heterocycles. The number of benzene rings is 2. The Kier molecular flexibility index (Phi) is 4.65. The first-order chi connectivity index (χ1) is 11.6. The Bertz CT molecular complexity index is 773. The fourth-order valence-electron chi connectivity index (χ4n) is 2.46. The van der Waals surface area contributed by atoms with Crippen LogP contribution in [0, 0.1) is 0 Å². The number of ether oxygens (including phenoxy) is 2. The van der Waals surface area contributed by atoms with Gasteiger partial charge in [-0.1, -0.05) is 12.1 Å². The van der Waals surface area contributed by atoms with Crippen molar-refractivity contribution in [3.05, 3.63) is 53.6 Å². The SMILES string of the molecule is CC(=O)Nc1cccc(C(=O)NCCc2ccc3c(c2)OCO3)c1. The summed E-state index contributed by atoms with van der Waals surface area (Å²) in [6.45, 7) is 2.18. The first kappa shape index (κ1) is 15.9. The monoisotopic (exact) mass is 326 g/mol. The lowest BCUT2D eigenvalue weighted by molar-refractivity contribution is -0.114. The average Bonchev–Trinajstić information content (AvgIpc) is 3.02. The summed E-state index contributed by atoms with van der Waals surface area (Å²) in [7, 11) is 0. The second-order valence-corrected chi connectivity index (χ2v) is 5.46. The van der Waals surface area contributed by atoms with Crippen LogP contribution in [0.2, 0.25) is 0 Å².